The highest BCUT2D eigenvalue weighted by atomic mass is 32.2. The molecule has 1 fully saturated rings. The number of hydrogen-bond donors (Lipinski definition) is 1. The number of carbonyl (C=O) groups is 1. The third kappa shape index (κ3) is 4.45. The van der Waals surface area contributed by atoms with Crippen molar-refractivity contribution < 1.29 is 22.7 Å². The van der Waals surface area contributed by atoms with Crippen molar-refractivity contribution in [2.45, 2.75) is 45.8 Å². The lowest BCUT2D eigenvalue weighted by atomic mass is 10.0. The van der Waals surface area contributed by atoms with E-state index in [0.29, 0.717) is 19.6 Å². The van der Waals surface area contributed by atoms with Gasteiger partial charge in [-0.25, -0.2) is 8.42 Å². The summed E-state index contributed by atoms with van der Waals surface area (Å²) in [6.07, 6.45) is 1.84. The van der Waals surface area contributed by atoms with Gasteiger partial charge in [-0.05, 0) is 38.3 Å². The number of ether oxygens (including phenoxy) is 2. The molecular weight excluding hydrogens is 342 g/mol. The quantitative estimate of drug-likeness (QED) is 0.830. The fourth-order valence-corrected chi connectivity index (χ4v) is 5.33. The average Bonchev–Trinajstić information content (AvgIpc) is 3.05. The first-order valence-corrected chi connectivity index (χ1v) is 10.6. The zero-order valence-electron chi connectivity index (χ0n) is 14.7. The maximum atomic E-state index is 12.2. The first-order chi connectivity index (χ1) is 11.9. The molecule has 0 spiro atoms. The normalized spacial score (nSPS) is 23.8. The van der Waals surface area contributed by atoms with Crippen LogP contribution in [0.5, 0.6) is 11.5 Å². The van der Waals surface area contributed by atoms with Crippen LogP contribution >= 0.6 is 0 Å². The van der Waals surface area contributed by atoms with Crippen LogP contribution in [0, 0.1) is 5.92 Å². The highest BCUT2D eigenvalue weighted by molar-refractivity contribution is 7.91. The summed E-state index contributed by atoms with van der Waals surface area (Å²) in [5.41, 5.74) is 2.00. The fraction of sp³-hybridized carbons (Fsp3) is 0.611. The molecule has 3 rings (SSSR count). The van der Waals surface area contributed by atoms with E-state index in [1.165, 1.54) is 0 Å². The minimum Gasteiger partial charge on any atom is -0.494 e. The molecule has 2 aliphatic heterocycles. The SMILES string of the molecule is CCOc1cc2c(cc1CNC(=O)C[C@@H]1CCS(=O)(=O)C1)O[C@@H](C)C2. The third-order valence-electron chi connectivity index (χ3n) is 4.66. The van der Waals surface area contributed by atoms with Crippen molar-refractivity contribution in [3.05, 3.63) is 23.3 Å². The lowest BCUT2D eigenvalue weighted by molar-refractivity contribution is -0.122. The Bertz CT molecular complexity index is 759. The number of sulfone groups is 1. The summed E-state index contributed by atoms with van der Waals surface area (Å²) in [5, 5.41) is 2.89. The monoisotopic (exact) mass is 367 g/mol. The van der Waals surface area contributed by atoms with Crippen molar-refractivity contribution in [3.8, 4) is 11.5 Å². The molecule has 0 bridgehead atoms. The Morgan fingerprint density at radius 1 is 1.40 bits per heavy atom. The van der Waals surface area contributed by atoms with Crippen molar-refractivity contribution in [2.75, 3.05) is 18.1 Å². The van der Waals surface area contributed by atoms with Gasteiger partial charge in [-0.1, -0.05) is 0 Å². The summed E-state index contributed by atoms with van der Waals surface area (Å²) in [6, 6.07) is 3.93. The van der Waals surface area contributed by atoms with E-state index in [9.17, 15) is 13.2 Å². The summed E-state index contributed by atoms with van der Waals surface area (Å²) < 4.78 is 34.5. The third-order valence-corrected chi connectivity index (χ3v) is 6.49. The van der Waals surface area contributed by atoms with Gasteiger partial charge in [-0.3, -0.25) is 4.79 Å². The minimum atomic E-state index is -2.95. The summed E-state index contributed by atoms with van der Waals surface area (Å²) >= 11 is 0. The number of amides is 1. The van der Waals surface area contributed by atoms with Crippen molar-refractivity contribution >= 4 is 15.7 Å². The predicted octanol–water partition coefficient (Wildman–Crippen LogP) is 1.85. The van der Waals surface area contributed by atoms with Crippen molar-refractivity contribution in [1.29, 1.82) is 0 Å². The molecule has 1 aromatic rings. The van der Waals surface area contributed by atoms with Crippen LogP contribution in [0.25, 0.3) is 0 Å². The molecule has 0 aromatic heterocycles. The van der Waals surface area contributed by atoms with E-state index in [0.717, 1.165) is 29.0 Å². The van der Waals surface area contributed by atoms with Crippen LogP contribution in [0.2, 0.25) is 0 Å². The van der Waals surface area contributed by atoms with Gasteiger partial charge in [0.05, 0.1) is 18.1 Å². The average molecular weight is 367 g/mol. The molecule has 7 heteroatoms. The molecule has 0 radical (unpaired) electrons. The molecule has 1 aromatic carbocycles. The van der Waals surface area contributed by atoms with E-state index in [1.54, 1.807) is 0 Å². The van der Waals surface area contributed by atoms with Crippen LogP contribution in [-0.4, -0.2) is 38.5 Å². The van der Waals surface area contributed by atoms with Gasteiger partial charge in [-0.15, -0.1) is 0 Å². The Balaban J connectivity index is 1.62. The first kappa shape index (κ1) is 18.0. The van der Waals surface area contributed by atoms with Crippen molar-refractivity contribution in [3.63, 3.8) is 0 Å². The second-order valence-corrected chi connectivity index (χ2v) is 9.11. The molecule has 0 saturated carbocycles. The molecule has 2 atom stereocenters. The molecule has 0 aliphatic carbocycles. The molecule has 1 saturated heterocycles. The number of rotatable bonds is 6. The van der Waals surface area contributed by atoms with Crippen LogP contribution < -0.4 is 14.8 Å². The van der Waals surface area contributed by atoms with Gasteiger partial charge < -0.3 is 14.8 Å². The molecule has 25 heavy (non-hydrogen) atoms. The van der Waals surface area contributed by atoms with E-state index in [-0.39, 0.29) is 35.9 Å². The smallest absolute Gasteiger partial charge is 0.220 e. The summed E-state index contributed by atoms with van der Waals surface area (Å²) in [6.45, 7) is 4.85. The van der Waals surface area contributed by atoms with E-state index >= 15 is 0 Å². The van der Waals surface area contributed by atoms with E-state index in [2.05, 4.69) is 5.32 Å². The van der Waals surface area contributed by atoms with Gasteiger partial charge in [0.25, 0.3) is 0 Å². The predicted molar refractivity (Wildman–Crippen MR) is 94.6 cm³/mol. The second-order valence-electron chi connectivity index (χ2n) is 6.88. The number of benzene rings is 1. The van der Waals surface area contributed by atoms with Crippen LogP contribution in [0.1, 0.15) is 37.8 Å². The van der Waals surface area contributed by atoms with Crippen molar-refractivity contribution in [2.24, 2.45) is 5.92 Å². The van der Waals surface area contributed by atoms with Gasteiger partial charge >= 0.3 is 0 Å². The standard InChI is InChI=1S/C18H25NO5S/c1-3-23-16-8-14-6-12(2)24-17(14)9-15(16)10-19-18(20)7-13-4-5-25(21,22)11-13/h8-9,12-13H,3-7,10-11H2,1-2H3,(H,19,20)/t12-,13-/m0/s1. The summed E-state index contributed by atoms with van der Waals surface area (Å²) in [5.74, 6) is 1.74. The van der Waals surface area contributed by atoms with Gasteiger partial charge in [0, 0.05) is 30.5 Å². The minimum absolute atomic E-state index is 0.0689. The van der Waals surface area contributed by atoms with Crippen molar-refractivity contribution in [1.82, 2.24) is 5.32 Å². The molecule has 6 nitrogen and oxygen atoms in total. The molecule has 2 aliphatic rings. The van der Waals surface area contributed by atoms with Crippen LogP contribution in [0.3, 0.4) is 0 Å². The highest BCUT2D eigenvalue weighted by Gasteiger charge is 2.29. The molecular formula is C18H25NO5S. The number of hydrogen-bond acceptors (Lipinski definition) is 5. The maximum Gasteiger partial charge on any atom is 0.220 e. The highest BCUT2D eigenvalue weighted by Crippen LogP contribution is 2.35. The van der Waals surface area contributed by atoms with E-state index < -0.39 is 9.84 Å². The Morgan fingerprint density at radius 3 is 2.88 bits per heavy atom. The summed E-state index contributed by atoms with van der Waals surface area (Å²) in [4.78, 5) is 12.2. The zero-order valence-corrected chi connectivity index (χ0v) is 15.5. The zero-order chi connectivity index (χ0) is 18.0. The molecule has 2 heterocycles. The lowest BCUT2D eigenvalue weighted by Crippen LogP contribution is -2.25. The van der Waals surface area contributed by atoms with Gasteiger partial charge in [0.1, 0.15) is 17.6 Å². The van der Waals surface area contributed by atoms with E-state index in [1.807, 2.05) is 26.0 Å². The maximum absolute atomic E-state index is 12.2. The van der Waals surface area contributed by atoms with E-state index in [4.69, 9.17) is 9.47 Å². The van der Waals surface area contributed by atoms with Gasteiger partial charge in [0.15, 0.2) is 9.84 Å². The Morgan fingerprint density at radius 2 is 2.20 bits per heavy atom. The lowest BCUT2D eigenvalue weighted by Gasteiger charge is -2.14. The molecule has 138 valence electrons. The fourth-order valence-electron chi connectivity index (χ4n) is 3.47. The van der Waals surface area contributed by atoms with Gasteiger partial charge in [-0.2, -0.15) is 0 Å². The number of nitrogens with one attached hydrogen (secondary N) is 1. The second kappa shape index (κ2) is 7.23. The first-order valence-electron chi connectivity index (χ1n) is 8.78. The molecule has 1 N–H and O–H groups in total. The Hall–Kier alpha value is -1.76. The van der Waals surface area contributed by atoms with Gasteiger partial charge in [0.2, 0.25) is 5.91 Å². The Labute approximate surface area is 148 Å². The number of carbonyl (C=O) groups excluding carboxylic acids is 1. The van der Waals surface area contributed by atoms with Crippen LogP contribution in [-0.2, 0) is 27.6 Å². The van der Waals surface area contributed by atoms with Crippen LogP contribution in [0.15, 0.2) is 12.1 Å². The molecule has 1 amide bonds. The summed E-state index contributed by atoms with van der Waals surface area (Å²) in [7, 11) is -2.95. The largest absolute Gasteiger partial charge is 0.494 e. The Kier molecular flexibility index (Phi) is 5.22. The molecule has 0 unspecified atom stereocenters. The van der Waals surface area contributed by atoms with Crippen LogP contribution in [0.4, 0.5) is 0 Å². The topological polar surface area (TPSA) is 81.7 Å². The number of fused-ring (bicyclic) bond motifs is 1.